The van der Waals surface area contributed by atoms with Crippen LogP contribution in [0.15, 0.2) is 24.3 Å². The third-order valence-electron chi connectivity index (χ3n) is 2.55. The zero-order chi connectivity index (χ0) is 11.1. The van der Waals surface area contributed by atoms with Gasteiger partial charge >= 0.3 is 0 Å². The molecule has 0 spiro atoms. The molecule has 0 aromatic heterocycles. The predicted octanol–water partition coefficient (Wildman–Crippen LogP) is 2.25. The van der Waals surface area contributed by atoms with Crippen LogP contribution in [0.3, 0.4) is 0 Å². The smallest absolute Gasteiger partial charge is 0.0512 e. The molecule has 0 aliphatic carbocycles. The van der Waals surface area contributed by atoms with Gasteiger partial charge in [0, 0.05) is 6.54 Å². The molecular weight excluding hydrogens is 186 g/mol. The van der Waals surface area contributed by atoms with Gasteiger partial charge < -0.3 is 10.4 Å². The van der Waals surface area contributed by atoms with E-state index < -0.39 is 0 Å². The van der Waals surface area contributed by atoms with Gasteiger partial charge in [-0.05, 0) is 44.4 Å². The van der Waals surface area contributed by atoms with E-state index in [0.717, 1.165) is 25.9 Å². The molecule has 1 rings (SSSR count). The van der Waals surface area contributed by atoms with Crippen molar-refractivity contribution in [3.8, 4) is 0 Å². The fraction of sp³-hybridized carbons (Fsp3) is 0.538. The summed E-state index contributed by atoms with van der Waals surface area (Å²) in [7, 11) is 0. The lowest BCUT2D eigenvalue weighted by atomic mass is 10.1. The number of benzene rings is 1. The lowest BCUT2D eigenvalue weighted by Crippen LogP contribution is -2.16. The average molecular weight is 207 g/mol. The van der Waals surface area contributed by atoms with Crippen LogP contribution >= 0.6 is 0 Å². The summed E-state index contributed by atoms with van der Waals surface area (Å²) in [4.78, 5) is 0. The van der Waals surface area contributed by atoms with Gasteiger partial charge in [-0.2, -0.15) is 0 Å². The van der Waals surface area contributed by atoms with Crippen molar-refractivity contribution in [2.45, 2.75) is 39.3 Å². The summed E-state index contributed by atoms with van der Waals surface area (Å²) in [6.07, 6.45) is 1.73. The molecule has 1 aromatic carbocycles. The minimum Gasteiger partial charge on any atom is -0.393 e. The summed E-state index contributed by atoms with van der Waals surface area (Å²) < 4.78 is 0. The van der Waals surface area contributed by atoms with Crippen molar-refractivity contribution in [3.63, 3.8) is 0 Å². The summed E-state index contributed by atoms with van der Waals surface area (Å²) >= 11 is 0. The fourth-order valence-electron chi connectivity index (χ4n) is 1.55. The van der Waals surface area contributed by atoms with Crippen LogP contribution in [0.1, 0.15) is 30.9 Å². The molecule has 0 saturated carbocycles. The molecule has 0 radical (unpaired) electrons. The maximum atomic E-state index is 9.09. The Hall–Kier alpha value is -0.860. The number of aliphatic hydroxyl groups is 1. The van der Waals surface area contributed by atoms with Crippen LogP contribution in [0.25, 0.3) is 0 Å². The molecule has 1 atom stereocenters. The van der Waals surface area contributed by atoms with E-state index in [1.54, 1.807) is 0 Å². The third-order valence-corrected chi connectivity index (χ3v) is 2.55. The number of rotatable bonds is 6. The van der Waals surface area contributed by atoms with Gasteiger partial charge in [-0.15, -0.1) is 0 Å². The first kappa shape index (κ1) is 12.2. The molecule has 1 unspecified atom stereocenters. The van der Waals surface area contributed by atoms with E-state index in [4.69, 9.17) is 5.11 Å². The fourth-order valence-corrected chi connectivity index (χ4v) is 1.55. The molecule has 0 amide bonds. The lowest BCUT2D eigenvalue weighted by molar-refractivity contribution is 0.181. The van der Waals surface area contributed by atoms with E-state index in [-0.39, 0.29) is 6.10 Å². The molecule has 2 heteroatoms. The van der Waals surface area contributed by atoms with Crippen molar-refractivity contribution in [2.24, 2.45) is 0 Å². The van der Waals surface area contributed by atoms with Crippen molar-refractivity contribution in [3.05, 3.63) is 35.4 Å². The van der Waals surface area contributed by atoms with E-state index >= 15 is 0 Å². The Bertz CT molecular complexity index is 284. The Morgan fingerprint density at radius 3 is 2.73 bits per heavy atom. The standard InChI is InChI=1S/C13H21NO/c1-11-6-3-4-8-13(11)10-14-9-5-7-12(2)15/h3-4,6,8,12,14-15H,5,7,9-10H2,1-2H3. The van der Waals surface area contributed by atoms with Crippen LogP contribution in [0.2, 0.25) is 0 Å². The molecule has 1 aromatic rings. The van der Waals surface area contributed by atoms with Crippen LogP contribution in [-0.4, -0.2) is 17.8 Å². The number of aryl methyl sites for hydroxylation is 1. The van der Waals surface area contributed by atoms with Gasteiger partial charge in [0.15, 0.2) is 0 Å². The first-order valence-corrected chi connectivity index (χ1v) is 5.63. The third kappa shape index (κ3) is 4.96. The molecule has 2 N–H and O–H groups in total. The van der Waals surface area contributed by atoms with Gasteiger partial charge in [0.1, 0.15) is 0 Å². The number of nitrogens with one attached hydrogen (secondary N) is 1. The van der Waals surface area contributed by atoms with Crippen LogP contribution in [0.5, 0.6) is 0 Å². The number of hydrogen-bond acceptors (Lipinski definition) is 2. The van der Waals surface area contributed by atoms with Crippen LogP contribution in [0.4, 0.5) is 0 Å². The van der Waals surface area contributed by atoms with Crippen LogP contribution < -0.4 is 5.32 Å². The highest BCUT2D eigenvalue weighted by atomic mass is 16.3. The highest BCUT2D eigenvalue weighted by molar-refractivity contribution is 5.25. The minimum atomic E-state index is -0.176. The Kier molecular flexibility index (Phi) is 5.37. The molecule has 2 nitrogen and oxygen atoms in total. The second-order valence-corrected chi connectivity index (χ2v) is 4.09. The van der Waals surface area contributed by atoms with Gasteiger partial charge in [0.25, 0.3) is 0 Å². The van der Waals surface area contributed by atoms with Gasteiger partial charge in [0.2, 0.25) is 0 Å². The maximum Gasteiger partial charge on any atom is 0.0512 e. The van der Waals surface area contributed by atoms with Gasteiger partial charge in [0.05, 0.1) is 6.10 Å². The summed E-state index contributed by atoms with van der Waals surface area (Å²) in [6.45, 7) is 5.86. The molecule has 0 aliphatic rings. The largest absolute Gasteiger partial charge is 0.393 e. The SMILES string of the molecule is Cc1ccccc1CNCCCC(C)O. The zero-order valence-corrected chi connectivity index (χ0v) is 9.66. The summed E-state index contributed by atoms with van der Waals surface area (Å²) in [5.41, 5.74) is 2.69. The van der Waals surface area contributed by atoms with E-state index in [1.807, 2.05) is 6.92 Å². The van der Waals surface area contributed by atoms with E-state index in [0.29, 0.717) is 0 Å². The highest BCUT2D eigenvalue weighted by Crippen LogP contribution is 2.06. The molecule has 0 fully saturated rings. The molecule has 0 bridgehead atoms. The zero-order valence-electron chi connectivity index (χ0n) is 9.66. The molecule has 0 aliphatic heterocycles. The molecule has 0 saturated heterocycles. The molecule has 84 valence electrons. The minimum absolute atomic E-state index is 0.176. The van der Waals surface area contributed by atoms with Crippen LogP contribution in [-0.2, 0) is 6.54 Å². The van der Waals surface area contributed by atoms with Gasteiger partial charge in [-0.1, -0.05) is 24.3 Å². The topological polar surface area (TPSA) is 32.3 Å². The van der Waals surface area contributed by atoms with Gasteiger partial charge in [-0.3, -0.25) is 0 Å². The molecule has 0 heterocycles. The summed E-state index contributed by atoms with van der Waals surface area (Å²) in [5, 5.41) is 12.5. The van der Waals surface area contributed by atoms with Crippen molar-refractivity contribution in [2.75, 3.05) is 6.54 Å². The summed E-state index contributed by atoms with van der Waals surface area (Å²) in [5.74, 6) is 0. The first-order valence-electron chi connectivity index (χ1n) is 5.63. The lowest BCUT2D eigenvalue weighted by Gasteiger charge is -2.08. The molecular formula is C13H21NO. The Balaban J connectivity index is 2.18. The maximum absolute atomic E-state index is 9.09. The van der Waals surface area contributed by atoms with E-state index in [9.17, 15) is 0 Å². The Labute approximate surface area is 92.3 Å². The van der Waals surface area contributed by atoms with E-state index in [2.05, 4.69) is 36.5 Å². The number of hydrogen-bond donors (Lipinski definition) is 2. The quantitative estimate of drug-likeness (QED) is 0.701. The van der Waals surface area contributed by atoms with Crippen molar-refractivity contribution >= 4 is 0 Å². The monoisotopic (exact) mass is 207 g/mol. The van der Waals surface area contributed by atoms with Crippen molar-refractivity contribution in [1.29, 1.82) is 0 Å². The average Bonchev–Trinajstić information content (AvgIpc) is 2.20. The van der Waals surface area contributed by atoms with E-state index in [1.165, 1.54) is 11.1 Å². The summed E-state index contributed by atoms with van der Waals surface area (Å²) in [6, 6.07) is 8.41. The van der Waals surface area contributed by atoms with Gasteiger partial charge in [-0.25, -0.2) is 0 Å². The Morgan fingerprint density at radius 2 is 2.07 bits per heavy atom. The Morgan fingerprint density at radius 1 is 1.33 bits per heavy atom. The van der Waals surface area contributed by atoms with Crippen molar-refractivity contribution in [1.82, 2.24) is 5.32 Å². The highest BCUT2D eigenvalue weighted by Gasteiger charge is 1.97. The first-order chi connectivity index (χ1) is 7.20. The normalized spacial score (nSPS) is 12.7. The second-order valence-electron chi connectivity index (χ2n) is 4.09. The van der Waals surface area contributed by atoms with Crippen molar-refractivity contribution < 1.29 is 5.11 Å². The second kappa shape index (κ2) is 6.59. The van der Waals surface area contributed by atoms with Crippen LogP contribution in [0, 0.1) is 6.92 Å². The number of aliphatic hydroxyl groups excluding tert-OH is 1. The predicted molar refractivity (Wildman–Crippen MR) is 63.8 cm³/mol. The molecule has 15 heavy (non-hydrogen) atoms.